The number of piperazine rings is 1. The number of nitrogens with zero attached hydrogens (tertiary/aromatic N) is 3. The van der Waals surface area contributed by atoms with Crippen LogP contribution in [0.3, 0.4) is 0 Å². The molecule has 4 rings (SSSR count). The van der Waals surface area contributed by atoms with Crippen molar-refractivity contribution in [3.05, 3.63) is 94.6 Å². The van der Waals surface area contributed by atoms with Crippen molar-refractivity contribution < 1.29 is 9.59 Å². The molecule has 1 fully saturated rings. The Bertz CT molecular complexity index is 1110. The van der Waals surface area contributed by atoms with E-state index in [1.165, 1.54) is 6.08 Å². The van der Waals surface area contributed by atoms with Gasteiger partial charge in [0.25, 0.3) is 5.91 Å². The van der Waals surface area contributed by atoms with E-state index in [0.717, 1.165) is 15.9 Å². The van der Waals surface area contributed by atoms with E-state index in [-0.39, 0.29) is 11.8 Å². The number of carbonyl (C=O) groups excluding carboxylic acids is 2. The number of halogens is 1. The van der Waals surface area contributed by atoms with Crippen molar-refractivity contribution in [2.24, 2.45) is 0 Å². The van der Waals surface area contributed by atoms with Crippen molar-refractivity contribution in [2.75, 3.05) is 36.4 Å². The summed E-state index contributed by atoms with van der Waals surface area (Å²) in [4.78, 5) is 33.3. The Balaban J connectivity index is 1.29. The summed E-state index contributed by atoms with van der Waals surface area (Å²) in [5, 5.41) is 2.82. The molecule has 6 nitrogen and oxygen atoms in total. The van der Waals surface area contributed by atoms with Crippen LogP contribution in [-0.2, 0) is 4.79 Å². The molecule has 2 aromatic carbocycles. The van der Waals surface area contributed by atoms with Crippen molar-refractivity contribution in [1.29, 1.82) is 0 Å². The predicted molar refractivity (Wildman–Crippen MR) is 131 cm³/mol. The lowest BCUT2D eigenvalue weighted by Crippen LogP contribution is -2.49. The number of hydrogen-bond acceptors (Lipinski definition) is 4. The second-order valence-electron chi connectivity index (χ2n) is 7.43. The van der Waals surface area contributed by atoms with Crippen molar-refractivity contribution in [2.45, 2.75) is 0 Å². The predicted octanol–water partition coefficient (Wildman–Crippen LogP) is 4.46. The Kier molecular flexibility index (Phi) is 6.97. The van der Waals surface area contributed by atoms with Gasteiger partial charge in [0.05, 0.1) is 11.9 Å². The van der Waals surface area contributed by atoms with Gasteiger partial charge < -0.3 is 15.1 Å². The smallest absolute Gasteiger partial charge is 0.254 e. The van der Waals surface area contributed by atoms with Crippen LogP contribution in [0.25, 0.3) is 6.08 Å². The van der Waals surface area contributed by atoms with Gasteiger partial charge in [-0.15, -0.1) is 0 Å². The average molecular weight is 491 g/mol. The van der Waals surface area contributed by atoms with Crippen molar-refractivity contribution >= 4 is 45.3 Å². The van der Waals surface area contributed by atoms with Crippen molar-refractivity contribution in [3.8, 4) is 0 Å². The molecule has 0 radical (unpaired) electrons. The topological polar surface area (TPSA) is 65.5 Å². The zero-order chi connectivity index (χ0) is 22.3. The van der Waals surface area contributed by atoms with E-state index in [0.29, 0.717) is 37.4 Å². The summed E-state index contributed by atoms with van der Waals surface area (Å²) in [6.45, 7) is 2.68. The van der Waals surface area contributed by atoms with E-state index in [1.54, 1.807) is 12.3 Å². The lowest BCUT2D eigenvalue weighted by atomic mass is 10.2. The largest absolute Gasteiger partial charge is 0.353 e. The monoisotopic (exact) mass is 490 g/mol. The first-order valence-corrected chi connectivity index (χ1v) is 11.2. The van der Waals surface area contributed by atoms with Crippen molar-refractivity contribution in [1.82, 2.24) is 9.88 Å². The molecule has 3 aromatic rings. The van der Waals surface area contributed by atoms with Crippen molar-refractivity contribution in [3.63, 3.8) is 0 Å². The van der Waals surface area contributed by atoms with Gasteiger partial charge in [-0.3, -0.25) is 9.59 Å². The Morgan fingerprint density at radius 1 is 0.938 bits per heavy atom. The van der Waals surface area contributed by atoms with Crippen LogP contribution in [-0.4, -0.2) is 47.9 Å². The molecule has 32 heavy (non-hydrogen) atoms. The van der Waals surface area contributed by atoms with E-state index < -0.39 is 0 Å². The minimum Gasteiger partial charge on any atom is -0.353 e. The zero-order valence-corrected chi connectivity index (χ0v) is 19.0. The summed E-state index contributed by atoms with van der Waals surface area (Å²) < 4.78 is 0.897. The molecule has 2 heterocycles. The van der Waals surface area contributed by atoms with E-state index in [4.69, 9.17) is 0 Å². The number of pyridine rings is 1. The molecule has 0 bridgehead atoms. The first kappa shape index (κ1) is 21.8. The van der Waals surface area contributed by atoms with Crippen LogP contribution >= 0.6 is 15.9 Å². The zero-order valence-electron chi connectivity index (χ0n) is 17.4. The van der Waals surface area contributed by atoms with Gasteiger partial charge in [0.1, 0.15) is 5.82 Å². The summed E-state index contributed by atoms with van der Waals surface area (Å²) in [5.41, 5.74) is 2.29. The Hall–Kier alpha value is -3.45. The van der Waals surface area contributed by atoms with Crippen LogP contribution in [0.4, 0.5) is 11.5 Å². The highest BCUT2D eigenvalue weighted by molar-refractivity contribution is 9.10. The summed E-state index contributed by atoms with van der Waals surface area (Å²) in [7, 11) is 0. The van der Waals surface area contributed by atoms with Crippen LogP contribution in [0.1, 0.15) is 15.9 Å². The van der Waals surface area contributed by atoms with Gasteiger partial charge in [-0.05, 0) is 42.0 Å². The van der Waals surface area contributed by atoms with Gasteiger partial charge in [-0.1, -0.05) is 52.3 Å². The third-order valence-electron chi connectivity index (χ3n) is 5.20. The van der Waals surface area contributed by atoms with Gasteiger partial charge in [0, 0.05) is 42.3 Å². The van der Waals surface area contributed by atoms with E-state index in [9.17, 15) is 9.59 Å². The first-order chi connectivity index (χ1) is 15.6. The maximum absolute atomic E-state index is 12.7. The molecular weight excluding hydrogens is 468 g/mol. The van der Waals surface area contributed by atoms with Gasteiger partial charge in [0.15, 0.2) is 0 Å². The molecule has 162 valence electrons. The molecule has 1 saturated heterocycles. The highest BCUT2D eigenvalue weighted by atomic mass is 79.9. The van der Waals surface area contributed by atoms with Gasteiger partial charge in [-0.2, -0.15) is 0 Å². The molecule has 0 unspecified atom stereocenters. The number of carbonyl (C=O) groups is 2. The highest BCUT2D eigenvalue weighted by Crippen LogP contribution is 2.19. The molecule has 1 aromatic heterocycles. The molecular formula is C25H23BrN4O2. The number of hydrogen-bond donors (Lipinski definition) is 1. The third kappa shape index (κ3) is 5.62. The molecule has 0 spiro atoms. The maximum atomic E-state index is 12.7. The number of aromatic nitrogens is 1. The fourth-order valence-electron chi connectivity index (χ4n) is 3.51. The Morgan fingerprint density at radius 3 is 2.41 bits per heavy atom. The minimum absolute atomic E-state index is 0.0422. The lowest BCUT2D eigenvalue weighted by molar-refractivity contribution is -0.111. The minimum atomic E-state index is -0.205. The fraction of sp³-hybridized carbons (Fsp3) is 0.160. The van der Waals surface area contributed by atoms with E-state index in [1.807, 2.05) is 71.6 Å². The normalized spacial score (nSPS) is 13.9. The maximum Gasteiger partial charge on any atom is 0.254 e. The number of amides is 2. The lowest BCUT2D eigenvalue weighted by Gasteiger charge is -2.35. The van der Waals surface area contributed by atoms with Crippen LogP contribution in [0.5, 0.6) is 0 Å². The number of rotatable bonds is 5. The van der Waals surface area contributed by atoms with Gasteiger partial charge in [-0.25, -0.2) is 4.98 Å². The molecule has 0 atom stereocenters. The standard InChI is InChI=1S/C25H23BrN4O2/c26-21-8-4-7-20(17-21)25(32)30-15-13-29(14-16-30)23-11-10-22(18-27-23)28-24(31)12-9-19-5-2-1-3-6-19/h1-12,17-18H,13-16H2,(H,28,31)/b12-9+. The molecule has 7 heteroatoms. The average Bonchev–Trinajstić information content (AvgIpc) is 2.83. The first-order valence-electron chi connectivity index (χ1n) is 10.4. The quantitative estimate of drug-likeness (QED) is 0.536. The molecule has 1 aliphatic rings. The summed E-state index contributed by atoms with van der Waals surface area (Å²) in [6.07, 6.45) is 4.93. The van der Waals surface area contributed by atoms with Crippen LogP contribution < -0.4 is 10.2 Å². The number of nitrogens with one attached hydrogen (secondary N) is 1. The highest BCUT2D eigenvalue weighted by Gasteiger charge is 2.23. The Labute approximate surface area is 195 Å². The van der Waals surface area contributed by atoms with Crippen LogP contribution in [0, 0.1) is 0 Å². The molecule has 2 amide bonds. The molecule has 0 saturated carbocycles. The molecule has 0 aliphatic carbocycles. The second kappa shape index (κ2) is 10.2. The van der Waals surface area contributed by atoms with Crippen LogP contribution in [0.2, 0.25) is 0 Å². The summed E-state index contributed by atoms with van der Waals surface area (Å²) in [6, 6.07) is 20.9. The van der Waals surface area contributed by atoms with E-state index in [2.05, 4.69) is 31.1 Å². The summed E-state index contributed by atoms with van der Waals surface area (Å²) in [5.74, 6) is 0.668. The van der Waals surface area contributed by atoms with E-state index >= 15 is 0 Å². The summed E-state index contributed by atoms with van der Waals surface area (Å²) >= 11 is 3.42. The Morgan fingerprint density at radius 2 is 1.72 bits per heavy atom. The van der Waals surface area contributed by atoms with Gasteiger partial charge in [0.2, 0.25) is 5.91 Å². The second-order valence-corrected chi connectivity index (χ2v) is 8.34. The van der Waals surface area contributed by atoms with Crippen LogP contribution in [0.15, 0.2) is 83.5 Å². The van der Waals surface area contributed by atoms with Gasteiger partial charge >= 0.3 is 0 Å². The molecule has 1 aliphatic heterocycles. The fourth-order valence-corrected chi connectivity index (χ4v) is 3.91. The molecule has 1 N–H and O–H groups in total. The number of benzene rings is 2. The SMILES string of the molecule is O=C(/C=C/c1ccccc1)Nc1ccc(N2CCN(C(=O)c3cccc(Br)c3)CC2)nc1. The number of anilines is 2. The third-order valence-corrected chi connectivity index (χ3v) is 5.70.